The van der Waals surface area contributed by atoms with Gasteiger partial charge in [-0.05, 0) is 49.1 Å². The van der Waals surface area contributed by atoms with Crippen molar-refractivity contribution in [3.05, 3.63) is 35.4 Å². The first kappa shape index (κ1) is 22.9. The van der Waals surface area contributed by atoms with Crippen LogP contribution in [-0.4, -0.2) is 37.5 Å². The fourth-order valence-corrected chi connectivity index (χ4v) is 4.88. The second-order valence-electron chi connectivity index (χ2n) is 8.28. The Morgan fingerprint density at radius 2 is 1.61 bits per heavy atom. The number of sulfonamides is 1. The van der Waals surface area contributed by atoms with Crippen LogP contribution in [0.2, 0.25) is 0 Å². The Balaban J connectivity index is 2.02. The van der Waals surface area contributed by atoms with Crippen molar-refractivity contribution in [2.75, 3.05) is 18.8 Å². The summed E-state index contributed by atoms with van der Waals surface area (Å²) in [6.07, 6.45) is 2.28. The van der Waals surface area contributed by atoms with E-state index in [0.29, 0.717) is 31.8 Å². The maximum Gasteiger partial charge on any atom is 0.223 e. The van der Waals surface area contributed by atoms with E-state index in [9.17, 15) is 13.2 Å². The van der Waals surface area contributed by atoms with Gasteiger partial charge in [0, 0.05) is 19.0 Å². The molecule has 5 nitrogen and oxygen atoms in total. The Bertz CT molecular complexity index is 736. The third-order valence-corrected chi connectivity index (χ3v) is 7.91. The number of amides is 1. The molecule has 0 unspecified atom stereocenters. The zero-order valence-electron chi connectivity index (χ0n) is 17.9. The zero-order valence-corrected chi connectivity index (χ0v) is 18.8. The molecule has 0 radical (unpaired) electrons. The molecule has 158 valence electrons. The first-order valence-electron chi connectivity index (χ1n) is 10.6. The van der Waals surface area contributed by atoms with Crippen LogP contribution in [0.3, 0.4) is 0 Å². The molecule has 1 N–H and O–H groups in total. The Kier molecular flexibility index (Phi) is 8.07. The lowest BCUT2D eigenvalue weighted by atomic mass is 9.91. The number of carbonyl (C=O) groups excluding carboxylic acids is 1. The highest BCUT2D eigenvalue weighted by atomic mass is 32.2. The monoisotopic (exact) mass is 408 g/mol. The van der Waals surface area contributed by atoms with E-state index >= 15 is 0 Å². The van der Waals surface area contributed by atoms with Crippen molar-refractivity contribution in [3.63, 3.8) is 0 Å². The van der Waals surface area contributed by atoms with Gasteiger partial charge >= 0.3 is 0 Å². The largest absolute Gasteiger partial charge is 0.349 e. The minimum absolute atomic E-state index is 0.0316. The molecule has 1 fully saturated rings. The number of hydrogen-bond acceptors (Lipinski definition) is 3. The summed E-state index contributed by atoms with van der Waals surface area (Å²) in [7, 11) is -3.16. The summed E-state index contributed by atoms with van der Waals surface area (Å²) < 4.78 is 25.5. The van der Waals surface area contributed by atoms with Gasteiger partial charge in [-0.3, -0.25) is 4.79 Å². The molecule has 1 heterocycles. The third kappa shape index (κ3) is 5.57. The molecule has 1 aromatic rings. The third-order valence-electron chi connectivity index (χ3n) is 6.02. The van der Waals surface area contributed by atoms with Crippen LogP contribution in [0.5, 0.6) is 0 Å². The van der Waals surface area contributed by atoms with E-state index in [0.717, 1.165) is 12.0 Å². The lowest BCUT2D eigenvalue weighted by molar-refractivity contribution is -0.127. The van der Waals surface area contributed by atoms with Crippen LogP contribution in [0.15, 0.2) is 24.3 Å². The van der Waals surface area contributed by atoms with Gasteiger partial charge in [0.1, 0.15) is 0 Å². The predicted molar refractivity (Wildman–Crippen MR) is 115 cm³/mol. The van der Waals surface area contributed by atoms with Gasteiger partial charge in [-0.25, -0.2) is 12.7 Å². The quantitative estimate of drug-likeness (QED) is 0.705. The molecule has 1 amide bonds. The standard InChI is InChI=1S/C22H36N2O3S/c1-6-17(5)18-8-10-19(11-9-18)21(16(3)4)23-22(25)20-12-14-24(15-13-20)28(26,27)7-2/h8-11,16-17,20-21H,6-7,12-15H2,1-5H3,(H,23,25)/t17-,21+/m1/s1. The van der Waals surface area contributed by atoms with Crippen LogP contribution < -0.4 is 5.32 Å². The highest BCUT2D eigenvalue weighted by Gasteiger charge is 2.31. The van der Waals surface area contributed by atoms with E-state index in [1.54, 1.807) is 6.92 Å². The topological polar surface area (TPSA) is 66.5 Å². The zero-order chi connectivity index (χ0) is 20.9. The first-order chi connectivity index (χ1) is 13.2. The molecule has 0 aliphatic carbocycles. The van der Waals surface area contributed by atoms with Crippen LogP contribution in [0, 0.1) is 11.8 Å². The van der Waals surface area contributed by atoms with Gasteiger partial charge in [0.15, 0.2) is 0 Å². The van der Waals surface area contributed by atoms with Crippen LogP contribution in [0.4, 0.5) is 0 Å². The number of piperidine rings is 1. The molecular weight excluding hydrogens is 372 g/mol. The number of nitrogens with zero attached hydrogens (tertiary/aromatic N) is 1. The lowest BCUT2D eigenvalue weighted by Gasteiger charge is -2.32. The minimum atomic E-state index is -3.16. The fraction of sp³-hybridized carbons (Fsp3) is 0.682. The summed E-state index contributed by atoms with van der Waals surface area (Å²) in [5.74, 6) is 0.846. The molecule has 1 aromatic carbocycles. The smallest absolute Gasteiger partial charge is 0.223 e. The van der Waals surface area contributed by atoms with Crippen molar-refractivity contribution in [1.82, 2.24) is 9.62 Å². The molecule has 0 bridgehead atoms. The number of rotatable bonds is 8. The second-order valence-corrected chi connectivity index (χ2v) is 10.5. The molecule has 1 saturated heterocycles. The van der Waals surface area contributed by atoms with Crippen LogP contribution in [0.1, 0.15) is 77.0 Å². The van der Waals surface area contributed by atoms with E-state index < -0.39 is 10.0 Å². The number of benzene rings is 1. The Morgan fingerprint density at radius 3 is 2.07 bits per heavy atom. The maximum absolute atomic E-state index is 12.9. The van der Waals surface area contributed by atoms with Gasteiger partial charge < -0.3 is 5.32 Å². The first-order valence-corrected chi connectivity index (χ1v) is 12.2. The molecule has 0 aromatic heterocycles. The van der Waals surface area contributed by atoms with Gasteiger partial charge in [0.05, 0.1) is 11.8 Å². The SMILES string of the molecule is CC[C@@H](C)c1ccc([C@@H](NC(=O)C2CCN(S(=O)(=O)CC)CC2)C(C)C)cc1. The molecule has 0 spiro atoms. The van der Waals surface area contributed by atoms with Crippen LogP contribution in [0.25, 0.3) is 0 Å². The van der Waals surface area contributed by atoms with E-state index in [1.165, 1.54) is 9.87 Å². The molecule has 1 aliphatic rings. The maximum atomic E-state index is 12.9. The molecule has 2 rings (SSSR count). The van der Waals surface area contributed by atoms with E-state index in [4.69, 9.17) is 0 Å². The molecular formula is C22H36N2O3S. The van der Waals surface area contributed by atoms with Crippen molar-refractivity contribution in [2.24, 2.45) is 11.8 Å². The average Bonchev–Trinajstić information content (AvgIpc) is 2.71. The summed E-state index contributed by atoms with van der Waals surface area (Å²) in [4.78, 5) is 12.9. The lowest BCUT2D eigenvalue weighted by Crippen LogP contribution is -2.44. The van der Waals surface area contributed by atoms with Crippen LogP contribution in [-0.2, 0) is 14.8 Å². The van der Waals surface area contributed by atoms with Crippen molar-refractivity contribution in [1.29, 1.82) is 0 Å². The van der Waals surface area contributed by atoms with Gasteiger partial charge in [-0.15, -0.1) is 0 Å². The van der Waals surface area contributed by atoms with E-state index in [-0.39, 0.29) is 29.5 Å². The van der Waals surface area contributed by atoms with Crippen LogP contribution >= 0.6 is 0 Å². The minimum Gasteiger partial charge on any atom is -0.349 e. The highest BCUT2D eigenvalue weighted by molar-refractivity contribution is 7.89. The van der Waals surface area contributed by atoms with E-state index in [1.807, 2.05) is 0 Å². The summed E-state index contributed by atoms with van der Waals surface area (Å²) >= 11 is 0. The Labute approximate surface area is 170 Å². The van der Waals surface area contributed by atoms with Gasteiger partial charge in [0.25, 0.3) is 0 Å². The average molecular weight is 409 g/mol. The second kappa shape index (κ2) is 9.88. The molecule has 2 atom stereocenters. The number of hydrogen-bond donors (Lipinski definition) is 1. The molecule has 1 aliphatic heterocycles. The van der Waals surface area contributed by atoms with E-state index in [2.05, 4.69) is 57.3 Å². The van der Waals surface area contributed by atoms with Gasteiger partial charge in [0.2, 0.25) is 15.9 Å². The number of nitrogens with one attached hydrogen (secondary N) is 1. The summed E-state index contributed by atoms with van der Waals surface area (Å²) in [6, 6.07) is 8.56. The van der Waals surface area contributed by atoms with Gasteiger partial charge in [-0.1, -0.05) is 52.0 Å². The Hall–Kier alpha value is -1.40. The van der Waals surface area contributed by atoms with Crippen molar-refractivity contribution in [2.45, 2.75) is 65.8 Å². The predicted octanol–water partition coefficient (Wildman–Crippen LogP) is 4.08. The normalized spacial score (nSPS) is 18.8. The van der Waals surface area contributed by atoms with Gasteiger partial charge in [-0.2, -0.15) is 0 Å². The highest BCUT2D eigenvalue weighted by Crippen LogP contribution is 2.27. The molecule has 6 heteroatoms. The van der Waals surface area contributed by atoms with Crippen molar-refractivity contribution < 1.29 is 13.2 Å². The summed E-state index contributed by atoms with van der Waals surface area (Å²) in [5.41, 5.74) is 2.45. The molecule has 28 heavy (non-hydrogen) atoms. The van der Waals surface area contributed by atoms with Crippen molar-refractivity contribution in [3.8, 4) is 0 Å². The fourth-order valence-electron chi connectivity index (χ4n) is 3.75. The molecule has 0 saturated carbocycles. The number of carbonyl (C=O) groups is 1. The van der Waals surface area contributed by atoms with Crippen molar-refractivity contribution >= 4 is 15.9 Å². The summed E-state index contributed by atoms with van der Waals surface area (Å²) in [6.45, 7) is 11.2. The Morgan fingerprint density at radius 1 is 1.07 bits per heavy atom. The summed E-state index contributed by atoms with van der Waals surface area (Å²) in [5, 5.41) is 3.23.